The fourth-order valence-corrected chi connectivity index (χ4v) is 10.7. The van der Waals surface area contributed by atoms with E-state index in [1.807, 2.05) is 47.7 Å². The Morgan fingerprint density at radius 3 is 1.51 bits per heavy atom. The lowest BCUT2D eigenvalue weighted by molar-refractivity contribution is 1.06. The first-order valence-corrected chi connectivity index (χ1v) is 22.0. The maximum absolute atomic E-state index is 5.34. The monoisotopic (exact) mass is 821 g/mol. The first kappa shape index (κ1) is 35.6. The molecule has 0 aliphatic rings. The summed E-state index contributed by atoms with van der Waals surface area (Å²) < 4.78 is 7.33. The summed E-state index contributed by atoms with van der Waals surface area (Å²) in [7, 11) is 0. The number of rotatable bonds is 6. The summed E-state index contributed by atoms with van der Waals surface area (Å²) in [5.74, 6) is 1.86. The summed E-state index contributed by atoms with van der Waals surface area (Å²) in [5, 5.41) is 7.35. The molecule has 13 rings (SSSR count). The molecule has 4 aromatic heterocycles. The van der Waals surface area contributed by atoms with Crippen LogP contribution in [-0.2, 0) is 0 Å². The van der Waals surface area contributed by atoms with Gasteiger partial charge in [0.1, 0.15) is 0 Å². The second-order valence-corrected chi connectivity index (χ2v) is 17.1. The van der Waals surface area contributed by atoms with Crippen molar-refractivity contribution in [2.45, 2.75) is 0 Å². The zero-order chi connectivity index (χ0) is 41.4. The van der Waals surface area contributed by atoms with Crippen molar-refractivity contribution >= 4 is 75.1 Å². The van der Waals surface area contributed by atoms with Crippen LogP contribution in [0.5, 0.6) is 0 Å². The van der Waals surface area contributed by atoms with Gasteiger partial charge in [0, 0.05) is 64.1 Å². The zero-order valence-electron chi connectivity index (χ0n) is 33.9. The Kier molecular flexibility index (Phi) is 8.01. The second-order valence-electron chi connectivity index (χ2n) is 16.0. The van der Waals surface area contributed by atoms with E-state index in [1.54, 1.807) is 0 Å². The van der Waals surface area contributed by atoms with Crippen molar-refractivity contribution in [1.29, 1.82) is 0 Å². The molecule has 0 radical (unpaired) electrons. The van der Waals surface area contributed by atoms with Crippen LogP contribution < -0.4 is 0 Å². The molecule has 0 spiro atoms. The minimum Gasteiger partial charge on any atom is -0.309 e. The summed E-state index contributed by atoms with van der Waals surface area (Å²) in [6, 6.07) is 75.6. The molecule has 0 unspecified atom stereocenters. The topological polar surface area (TPSA) is 48.5 Å². The molecule has 0 aliphatic carbocycles. The van der Waals surface area contributed by atoms with Gasteiger partial charge < -0.3 is 9.13 Å². The molecule has 63 heavy (non-hydrogen) atoms. The zero-order valence-corrected chi connectivity index (χ0v) is 34.7. The highest BCUT2D eigenvalue weighted by Gasteiger charge is 2.22. The van der Waals surface area contributed by atoms with Crippen LogP contribution in [0.1, 0.15) is 0 Å². The van der Waals surface area contributed by atoms with Crippen LogP contribution in [0.4, 0.5) is 0 Å². The fraction of sp³-hybridized carbons (Fsp3) is 0. The highest BCUT2D eigenvalue weighted by atomic mass is 32.1. The first-order chi connectivity index (χ1) is 31.2. The molecule has 0 amide bonds. The molecule has 0 atom stereocenters. The molecule has 294 valence electrons. The number of para-hydroxylation sites is 3. The molecule has 0 saturated carbocycles. The molecular weight excluding hydrogens is 787 g/mol. The molecule has 0 bridgehead atoms. The van der Waals surface area contributed by atoms with Crippen molar-refractivity contribution in [3.8, 4) is 56.7 Å². The second kappa shape index (κ2) is 14.2. The summed E-state index contributed by atoms with van der Waals surface area (Å²) in [6.45, 7) is 0. The molecule has 0 saturated heterocycles. The standard InChI is InChI=1S/C57H35N5S/c1-3-16-36(17-4-1)55-58-56(37-18-5-2-6-19-37)60-57(59-55)46-34-38(40-24-15-29-53-54(40)44-23-10-14-28-52(44)63-53)30-32-51(46)62-49-27-13-9-22-43(49)45-35-39(31-33-50(45)62)61-47-25-11-7-20-41(47)42-21-8-12-26-48(42)61/h1-35H. The highest BCUT2D eigenvalue weighted by molar-refractivity contribution is 7.25. The molecule has 9 aromatic carbocycles. The van der Waals surface area contributed by atoms with E-state index in [0.29, 0.717) is 17.5 Å². The van der Waals surface area contributed by atoms with Crippen LogP contribution >= 0.6 is 11.3 Å². The van der Waals surface area contributed by atoms with E-state index in [0.717, 1.165) is 44.7 Å². The van der Waals surface area contributed by atoms with Gasteiger partial charge in [-0.25, -0.2) is 15.0 Å². The fourth-order valence-electron chi connectivity index (χ4n) is 9.58. The highest BCUT2D eigenvalue weighted by Crippen LogP contribution is 2.44. The molecule has 0 N–H and O–H groups in total. The average Bonchev–Trinajstić information content (AvgIpc) is 4.02. The van der Waals surface area contributed by atoms with Gasteiger partial charge in [0.15, 0.2) is 17.5 Å². The van der Waals surface area contributed by atoms with Gasteiger partial charge in [0.05, 0.1) is 27.8 Å². The molecule has 0 aliphatic heterocycles. The van der Waals surface area contributed by atoms with Crippen molar-refractivity contribution in [2.75, 3.05) is 0 Å². The Balaban J connectivity index is 1.10. The van der Waals surface area contributed by atoms with E-state index in [4.69, 9.17) is 15.0 Å². The lowest BCUT2D eigenvalue weighted by Gasteiger charge is -2.17. The minimum atomic E-state index is 0.606. The van der Waals surface area contributed by atoms with Gasteiger partial charge in [-0.15, -0.1) is 11.3 Å². The molecule has 4 heterocycles. The van der Waals surface area contributed by atoms with Crippen molar-refractivity contribution in [1.82, 2.24) is 24.1 Å². The number of hydrogen-bond acceptors (Lipinski definition) is 4. The van der Waals surface area contributed by atoms with Crippen LogP contribution in [0.3, 0.4) is 0 Å². The van der Waals surface area contributed by atoms with E-state index in [9.17, 15) is 0 Å². The smallest absolute Gasteiger partial charge is 0.166 e. The van der Waals surface area contributed by atoms with Gasteiger partial charge in [-0.2, -0.15) is 0 Å². The van der Waals surface area contributed by atoms with E-state index < -0.39 is 0 Å². The number of benzene rings is 9. The van der Waals surface area contributed by atoms with Crippen LogP contribution in [0.2, 0.25) is 0 Å². The van der Waals surface area contributed by atoms with E-state index in [-0.39, 0.29) is 0 Å². The van der Waals surface area contributed by atoms with Crippen molar-refractivity contribution in [3.05, 3.63) is 212 Å². The van der Waals surface area contributed by atoms with Gasteiger partial charge in [0.2, 0.25) is 0 Å². The lowest BCUT2D eigenvalue weighted by atomic mass is 9.96. The molecular formula is C57H35N5S. The van der Waals surface area contributed by atoms with Gasteiger partial charge in [-0.3, -0.25) is 0 Å². The first-order valence-electron chi connectivity index (χ1n) is 21.2. The summed E-state index contributed by atoms with van der Waals surface area (Å²) >= 11 is 1.84. The minimum absolute atomic E-state index is 0.606. The lowest BCUT2D eigenvalue weighted by Crippen LogP contribution is -2.04. The number of hydrogen-bond donors (Lipinski definition) is 0. The van der Waals surface area contributed by atoms with Gasteiger partial charge in [-0.1, -0.05) is 152 Å². The summed E-state index contributed by atoms with van der Waals surface area (Å²) in [5.41, 5.74) is 11.7. The van der Waals surface area contributed by atoms with Gasteiger partial charge in [-0.05, 0) is 71.8 Å². The third-order valence-electron chi connectivity index (χ3n) is 12.4. The van der Waals surface area contributed by atoms with E-state index in [2.05, 4.69) is 185 Å². The van der Waals surface area contributed by atoms with Crippen molar-refractivity contribution in [3.63, 3.8) is 0 Å². The van der Waals surface area contributed by atoms with Crippen molar-refractivity contribution in [2.24, 2.45) is 0 Å². The Bertz CT molecular complexity index is 3810. The third kappa shape index (κ3) is 5.66. The normalized spacial score (nSPS) is 11.8. The predicted octanol–water partition coefficient (Wildman–Crippen LogP) is 15.1. The quantitative estimate of drug-likeness (QED) is 0.168. The average molecular weight is 822 g/mol. The molecule has 5 nitrogen and oxygen atoms in total. The summed E-state index contributed by atoms with van der Waals surface area (Å²) in [4.78, 5) is 15.8. The van der Waals surface area contributed by atoms with Gasteiger partial charge in [0.25, 0.3) is 0 Å². The number of fused-ring (bicyclic) bond motifs is 9. The largest absolute Gasteiger partial charge is 0.309 e. The van der Waals surface area contributed by atoms with E-state index in [1.165, 1.54) is 58.3 Å². The van der Waals surface area contributed by atoms with Crippen LogP contribution in [-0.4, -0.2) is 24.1 Å². The van der Waals surface area contributed by atoms with E-state index >= 15 is 0 Å². The Hall–Kier alpha value is -8.19. The predicted molar refractivity (Wildman–Crippen MR) is 263 cm³/mol. The Morgan fingerprint density at radius 2 is 0.841 bits per heavy atom. The van der Waals surface area contributed by atoms with Crippen LogP contribution in [0.25, 0.3) is 120 Å². The van der Waals surface area contributed by atoms with Crippen molar-refractivity contribution < 1.29 is 0 Å². The third-order valence-corrected chi connectivity index (χ3v) is 13.5. The Morgan fingerprint density at radius 1 is 0.317 bits per heavy atom. The maximum atomic E-state index is 5.34. The molecule has 13 aromatic rings. The maximum Gasteiger partial charge on any atom is 0.166 e. The number of nitrogens with zero attached hydrogens (tertiary/aromatic N) is 5. The molecule has 6 heteroatoms. The summed E-state index contributed by atoms with van der Waals surface area (Å²) in [6.07, 6.45) is 0. The number of aromatic nitrogens is 5. The molecule has 0 fully saturated rings. The van der Waals surface area contributed by atoms with Gasteiger partial charge >= 0.3 is 0 Å². The number of thiophene rings is 1. The van der Waals surface area contributed by atoms with Crippen LogP contribution in [0.15, 0.2) is 212 Å². The van der Waals surface area contributed by atoms with Crippen LogP contribution in [0, 0.1) is 0 Å². The SMILES string of the molecule is c1ccc(-c2nc(-c3ccccc3)nc(-c3cc(-c4cccc5sc6ccccc6c45)ccc3-n3c4ccccc4c4cc(-n5c6ccccc6c6ccccc65)ccc43)n2)cc1. The Labute approximate surface area is 366 Å².